The number of nitrogens with zero attached hydrogens (tertiary/aromatic N) is 2. The average Bonchev–Trinajstić information content (AvgIpc) is 3.12. The van der Waals surface area contributed by atoms with Crippen LogP contribution in [0.25, 0.3) is 21.3 Å². The molecular formula is C21H18ClN3OS. The molecule has 1 N–H and O–H groups in total. The van der Waals surface area contributed by atoms with Gasteiger partial charge >= 0.3 is 0 Å². The minimum Gasteiger partial charge on any atom is -0.494 e. The van der Waals surface area contributed by atoms with Crippen LogP contribution < -0.4 is 10.1 Å². The molecule has 2 aromatic heterocycles. The summed E-state index contributed by atoms with van der Waals surface area (Å²) in [7, 11) is 0. The number of aromatic nitrogens is 2. The molecule has 6 heteroatoms. The molecule has 0 saturated carbocycles. The standard InChI is InChI=1S/C21H18ClN3OS/c1-3-26-15-9-7-14(8-10-15)16-11-27-21-19(16)20(23-12-24-21)25-18-6-4-5-17(22)13(18)2/h4-12H,3H2,1-2H3,(H,23,24,25). The molecule has 2 heterocycles. The Morgan fingerprint density at radius 3 is 2.70 bits per heavy atom. The zero-order chi connectivity index (χ0) is 18.8. The highest BCUT2D eigenvalue weighted by molar-refractivity contribution is 7.17. The third-order valence-electron chi connectivity index (χ3n) is 4.37. The summed E-state index contributed by atoms with van der Waals surface area (Å²) in [5.74, 6) is 1.64. The highest BCUT2D eigenvalue weighted by Crippen LogP contribution is 2.38. The lowest BCUT2D eigenvalue weighted by atomic mass is 10.1. The van der Waals surface area contributed by atoms with Gasteiger partial charge in [0.25, 0.3) is 0 Å². The van der Waals surface area contributed by atoms with Gasteiger partial charge in [-0.2, -0.15) is 0 Å². The molecule has 4 rings (SSSR count). The summed E-state index contributed by atoms with van der Waals surface area (Å²) in [6, 6.07) is 13.9. The molecule has 0 amide bonds. The van der Waals surface area contributed by atoms with Gasteiger partial charge in [-0.3, -0.25) is 0 Å². The minimum atomic E-state index is 0.654. The van der Waals surface area contributed by atoms with Crippen LogP contribution in [0.4, 0.5) is 11.5 Å². The molecule has 2 aromatic carbocycles. The van der Waals surface area contributed by atoms with Crippen LogP contribution in [0.15, 0.2) is 54.2 Å². The van der Waals surface area contributed by atoms with Gasteiger partial charge in [-0.25, -0.2) is 9.97 Å². The van der Waals surface area contributed by atoms with Crippen LogP contribution in [0, 0.1) is 6.92 Å². The smallest absolute Gasteiger partial charge is 0.143 e. The van der Waals surface area contributed by atoms with E-state index in [0.717, 1.165) is 49.2 Å². The summed E-state index contributed by atoms with van der Waals surface area (Å²) in [5, 5.41) is 7.28. The van der Waals surface area contributed by atoms with Crippen molar-refractivity contribution in [1.82, 2.24) is 9.97 Å². The Morgan fingerprint density at radius 2 is 1.93 bits per heavy atom. The van der Waals surface area contributed by atoms with E-state index >= 15 is 0 Å². The van der Waals surface area contributed by atoms with Crippen LogP contribution in [0.1, 0.15) is 12.5 Å². The van der Waals surface area contributed by atoms with Crippen molar-refractivity contribution in [2.45, 2.75) is 13.8 Å². The van der Waals surface area contributed by atoms with Crippen LogP contribution in [-0.4, -0.2) is 16.6 Å². The molecule has 0 aliphatic rings. The number of ether oxygens (including phenoxy) is 1. The lowest BCUT2D eigenvalue weighted by molar-refractivity contribution is 0.340. The lowest BCUT2D eigenvalue weighted by Gasteiger charge is -2.12. The number of benzene rings is 2. The molecule has 4 aromatic rings. The Labute approximate surface area is 166 Å². The van der Waals surface area contributed by atoms with Crippen LogP contribution in [0.5, 0.6) is 5.75 Å². The first-order chi connectivity index (χ1) is 13.2. The van der Waals surface area contributed by atoms with Crippen molar-refractivity contribution >= 4 is 44.7 Å². The Kier molecular flexibility index (Phi) is 4.97. The predicted octanol–water partition coefficient (Wildman–Crippen LogP) is 6.46. The molecule has 0 atom stereocenters. The second-order valence-electron chi connectivity index (χ2n) is 6.05. The summed E-state index contributed by atoms with van der Waals surface area (Å²) in [5.41, 5.74) is 4.13. The van der Waals surface area contributed by atoms with E-state index in [1.807, 2.05) is 44.2 Å². The quantitative estimate of drug-likeness (QED) is 0.421. The fourth-order valence-electron chi connectivity index (χ4n) is 2.95. The average molecular weight is 396 g/mol. The molecule has 0 aliphatic heterocycles. The van der Waals surface area contributed by atoms with Gasteiger partial charge in [0.15, 0.2) is 0 Å². The van der Waals surface area contributed by atoms with Gasteiger partial charge in [0, 0.05) is 21.7 Å². The highest BCUT2D eigenvalue weighted by atomic mass is 35.5. The predicted molar refractivity (Wildman–Crippen MR) is 113 cm³/mol. The number of nitrogens with one attached hydrogen (secondary N) is 1. The van der Waals surface area contributed by atoms with Gasteiger partial charge in [0.1, 0.15) is 22.7 Å². The molecule has 0 saturated heterocycles. The Bertz CT molecular complexity index is 1090. The molecule has 0 aliphatic carbocycles. The molecule has 0 spiro atoms. The van der Waals surface area contributed by atoms with Gasteiger partial charge in [-0.1, -0.05) is 29.8 Å². The number of hydrogen-bond acceptors (Lipinski definition) is 5. The van der Waals surface area contributed by atoms with E-state index in [-0.39, 0.29) is 0 Å². The molecule has 136 valence electrons. The van der Waals surface area contributed by atoms with Crippen molar-refractivity contribution in [3.63, 3.8) is 0 Å². The normalized spacial score (nSPS) is 10.9. The first-order valence-corrected chi connectivity index (χ1v) is 9.90. The van der Waals surface area contributed by atoms with Gasteiger partial charge in [-0.15, -0.1) is 11.3 Å². The molecule has 27 heavy (non-hydrogen) atoms. The summed E-state index contributed by atoms with van der Waals surface area (Å²) < 4.78 is 5.55. The molecule has 4 nitrogen and oxygen atoms in total. The second kappa shape index (κ2) is 7.55. The van der Waals surface area contributed by atoms with Crippen molar-refractivity contribution < 1.29 is 4.74 Å². The summed E-state index contributed by atoms with van der Waals surface area (Å²) in [6.07, 6.45) is 1.59. The maximum Gasteiger partial charge on any atom is 0.143 e. The van der Waals surface area contributed by atoms with Gasteiger partial charge < -0.3 is 10.1 Å². The fraction of sp³-hybridized carbons (Fsp3) is 0.143. The van der Waals surface area contributed by atoms with Crippen molar-refractivity contribution in [2.24, 2.45) is 0 Å². The zero-order valence-corrected chi connectivity index (χ0v) is 16.6. The second-order valence-corrected chi connectivity index (χ2v) is 7.31. The number of rotatable bonds is 5. The van der Waals surface area contributed by atoms with Gasteiger partial charge in [-0.05, 0) is 49.2 Å². The van der Waals surface area contributed by atoms with Crippen molar-refractivity contribution in [3.05, 3.63) is 64.8 Å². The molecule has 0 fully saturated rings. The van der Waals surface area contributed by atoms with Crippen LogP contribution in [0.3, 0.4) is 0 Å². The van der Waals surface area contributed by atoms with E-state index in [1.54, 1.807) is 17.7 Å². The first kappa shape index (κ1) is 17.8. The van der Waals surface area contributed by atoms with E-state index in [1.165, 1.54) is 0 Å². The van der Waals surface area contributed by atoms with Gasteiger partial charge in [0.2, 0.25) is 0 Å². The number of halogens is 1. The molecule has 0 unspecified atom stereocenters. The summed E-state index contributed by atoms with van der Waals surface area (Å²) in [4.78, 5) is 9.87. The third-order valence-corrected chi connectivity index (χ3v) is 5.66. The first-order valence-electron chi connectivity index (χ1n) is 8.65. The number of anilines is 2. The van der Waals surface area contributed by atoms with Crippen molar-refractivity contribution in [3.8, 4) is 16.9 Å². The highest BCUT2D eigenvalue weighted by Gasteiger charge is 2.14. The lowest BCUT2D eigenvalue weighted by Crippen LogP contribution is -1.97. The Hall–Kier alpha value is -2.63. The number of hydrogen-bond donors (Lipinski definition) is 1. The van der Waals surface area contributed by atoms with Crippen LogP contribution >= 0.6 is 22.9 Å². The van der Waals surface area contributed by atoms with E-state index in [4.69, 9.17) is 16.3 Å². The van der Waals surface area contributed by atoms with Crippen molar-refractivity contribution in [2.75, 3.05) is 11.9 Å². The van der Waals surface area contributed by atoms with E-state index < -0.39 is 0 Å². The fourth-order valence-corrected chi connectivity index (χ4v) is 4.04. The minimum absolute atomic E-state index is 0.654. The van der Waals surface area contributed by atoms with Gasteiger partial charge in [0.05, 0.1) is 12.0 Å². The maximum atomic E-state index is 6.26. The monoisotopic (exact) mass is 395 g/mol. The molecule has 0 bridgehead atoms. The maximum absolute atomic E-state index is 6.26. The Balaban J connectivity index is 1.78. The number of thiophene rings is 1. The summed E-state index contributed by atoms with van der Waals surface area (Å²) in [6.45, 7) is 4.62. The van der Waals surface area contributed by atoms with Crippen molar-refractivity contribution in [1.29, 1.82) is 0 Å². The van der Waals surface area contributed by atoms with Crippen LogP contribution in [0.2, 0.25) is 5.02 Å². The van der Waals surface area contributed by atoms with E-state index in [0.29, 0.717) is 6.61 Å². The van der Waals surface area contributed by atoms with E-state index in [2.05, 4.69) is 32.8 Å². The zero-order valence-electron chi connectivity index (χ0n) is 15.0. The Morgan fingerprint density at radius 1 is 1.11 bits per heavy atom. The molecule has 0 radical (unpaired) electrons. The topological polar surface area (TPSA) is 47.0 Å². The van der Waals surface area contributed by atoms with Crippen LogP contribution in [-0.2, 0) is 0 Å². The SMILES string of the molecule is CCOc1ccc(-c2csc3ncnc(Nc4cccc(Cl)c4C)c23)cc1. The molecular weight excluding hydrogens is 378 g/mol. The summed E-state index contributed by atoms with van der Waals surface area (Å²) >= 11 is 7.87. The van der Waals surface area contributed by atoms with E-state index in [9.17, 15) is 0 Å². The largest absolute Gasteiger partial charge is 0.494 e. The number of fused-ring (bicyclic) bond motifs is 1. The third kappa shape index (κ3) is 3.48.